The number of phenols is 1. The minimum atomic E-state index is -0.527. The Kier molecular flexibility index (Phi) is 4.01. The van der Waals surface area contributed by atoms with Gasteiger partial charge < -0.3 is 20.1 Å². The number of nitrogens with one attached hydrogen (secondary N) is 1. The second-order valence-corrected chi connectivity index (χ2v) is 5.79. The van der Waals surface area contributed by atoms with Crippen molar-refractivity contribution in [2.45, 2.75) is 0 Å². The number of ether oxygens (including phenoxy) is 1. The lowest BCUT2D eigenvalue weighted by Gasteiger charge is -2.29. The highest BCUT2D eigenvalue weighted by molar-refractivity contribution is 6.00. The number of aromatic hydroxyl groups is 1. The molecule has 3 aromatic rings. The largest absolute Gasteiger partial charge is 0.508 e. The number of aromatic nitrogens is 2. The first-order valence-corrected chi connectivity index (χ1v) is 7.96. The number of rotatable bonds is 4. The number of hydrogen-bond acceptors (Lipinski definition) is 9. The van der Waals surface area contributed by atoms with Crippen molar-refractivity contribution in [2.24, 2.45) is 0 Å². The maximum Gasteiger partial charge on any atom is 0.324 e. The van der Waals surface area contributed by atoms with Gasteiger partial charge in [-0.25, -0.2) is 4.63 Å². The van der Waals surface area contributed by atoms with Crippen molar-refractivity contribution in [1.82, 2.24) is 10.3 Å². The van der Waals surface area contributed by atoms with Crippen LogP contribution >= 0.6 is 0 Å². The highest BCUT2D eigenvalue weighted by atomic mass is 16.6. The van der Waals surface area contributed by atoms with Gasteiger partial charge in [-0.1, -0.05) is 6.07 Å². The number of phenolic OH excluding ortho intramolecular Hbond substituents is 1. The predicted molar refractivity (Wildman–Crippen MR) is 92.9 cm³/mol. The lowest BCUT2D eigenvalue weighted by Crippen LogP contribution is -2.36. The van der Waals surface area contributed by atoms with Crippen molar-refractivity contribution in [1.29, 1.82) is 0 Å². The molecule has 10 heteroatoms. The molecule has 1 aliphatic rings. The van der Waals surface area contributed by atoms with E-state index < -0.39 is 4.92 Å². The van der Waals surface area contributed by atoms with Crippen molar-refractivity contribution in [3.8, 4) is 5.75 Å². The molecule has 1 aromatic heterocycles. The zero-order chi connectivity index (χ0) is 18.1. The lowest BCUT2D eigenvalue weighted by molar-refractivity contribution is -0.382. The summed E-state index contributed by atoms with van der Waals surface area (Å²) in [6.07, 6.45) is 0. The Hall–Kier alpha value is -3.40. The average molecular weight is 357 g/mol. The van der Waals surface area contributed by atoms with Gasteiger partial charge in [0.25, 0.3) is 0 Å². The average Bonchev–Trinajstić information content (AvgIpc) is 3.10. The molecule has 1 fully saturated rings. The monoisotopic (exact) mass is 357 g/mol. The number of fused-ring (bicyclic) bond motifs is 1. The van der Waals surface area contributed by atoms with E-state index >= 15 is 0 Å². The second kappa shape index (κ2) is 6.48. The molecule has 0 radical (unpaired) electrons. The van der Waals surface area contributed by atoms with Crippen LogP contribution in [0.1, 0.15) is 0 Å². The van der Waals surface area contributed by atoms with E-state index in [-0.39, 0.29) is 22.6 Å². The van der Waals surface area contributed by atoms with E-state index in [1.165, 1.54) is 12.1 Å². The van der Waals surface area contributed by atoms with Gasteiger partial charge in [0, 0.05) is 24.8 Å². The van der Waals surface area contributed by atoms with E-state index in [2.05, 4.69) is 15.6 Å². The summed E-state index contributed by atoms with van der Waals surface area (Å²) in [5.41, 5.74) is 1.60. The van der Waals surface area contributed by atoms with Crippen molar-refractivity contribution in [3.63, 3.8) is 0 Å². The topological polar surface area (TPSA) is 127 Å². The fourth-order valence-corrected chi connectivity index (χ4v) is 2.98. The van der Waals surface area contributed by atoms with Crippen LogP contribution in [-0.2, 0) is 4.74 Å². The van der Waals surface area contributed by atoms with Crippen LogP contribution in [0.3, 0.4) is 0 Å². The SMILES string of the molecule is O=[N+]([O-])c1c(Nc2cccc(O)c2)cc(N2CCOCC2)c2nonc12. The molecule has 10 nitrogen and oxygen atoms in total. The van der Waals surface area contributed by atoms with E-state index in [9.17, 15) is 15.2 Å². The van der Waals surface area contributed by atoms with Gasteiger partial charge in [-0.05, 0) is 28.5 Å². The molecule has 134 valence electrons. The van der Waals surface area contributed by atoms with Crippen LogP contribution in [0, 0.1) is 10.1 Å². The quantitative estimate of drug-likeness (QED) is 0.534. The van der Waals surface area contributed by atoms with Crippen LogP contribution in [-0.4, -0.2) is 46.6 Å². The third-order valence-corrected chi connectivity index (χ3v) is 4.15. The van der Waals surface area contributed by atoms with Gasteiger partial charge in [0.2, 0.25) is 5.52 Å². The molecule has 4 rings (SSSR count). The number of anilines is 3. The fourth-order valence-electron chi connectivity index (χ4n) is 2.98. The summed E-state index contributed by atoms with van der Waals surface area (Å²) in [7, 11) is 0. The first-order chi connectivity index (χ1) is 12.6. The summed E-state index contributed by atoms with van der Waals surface area (Å²) in [4.78, 5) is 13.1. The van der Waals surface area contributed by atoms with Gasteiger partial charge in [0.15, 0.2) is 5.52 Å². The highest BCUT2D eigenvalue weighted by Crippen LogP contribution is 2.40. The van der Waals surface area contributed by atoms with Crippen molar-refractivity contribution < 1.29 is 19.4 Å². The third kappa shape index (κ3) is 2.86. The van der Waals surface area contributed by atoms with E-state index in [0.29, 0.717) is 43.2 Å². The number of nitro groups is 1. The van der Waals surface area contributed by atoms with E-state index in [4.69, 9.17) is 9.37 Å². The minimum Gasteiger partial charge on any atom is -0.508 e. The molecule has 0 amide bonds. The molecular weight excluding hydrogens is 342 g/mol. The zero-order valence-electron chi connectivity index (χ0n) is 13.6. The molecule has 0 saturated carbocycles. The highest BCUT2D eigenvalue weighted by Gasteiger charge is 2.28. The summed E-state index contributed by atoms with van der Waals surface area (Å²) in [5.74, 6) is 0.0511. The molecule has 2 aromatic carbocycles. The maximum absolute atomic E-state index is 11.7. The maximum atomic E-state index is 11.7. The Balaban J connectivity index is 1.86. The molecular formula is C16H15N5O5. The summed E-state index contributed by atoms with van der Waals surface area (Å²) >= 11 is 0. The number of nitro benzene ring substituents is 1. The van der Waals surface area contributed by atoms with E-state index in [0.717, 1.165) is 0 Å². The molecule has 0 aliphatic carbocycles. The first kappa shape index (κ1) is 16.1. The number of nitrogens with zero attached hydrogens (tertiary/aromatic N) is 4. The van der Waals surface area contributed by atoms with Gasteiger partial charge in [-0.2, -0.15) is 0 Å². The van der Waals surface area contributed by atoms with Crippen LogP contribution in [0.15, 0.2) is 35.0 Å². The lowest BCUT2D eigenvalue weighted by atomic mass is 10.1. The van der Waals surface area contributed by atoms with Crippen LogP contribution < -0.4 is 10.2 Å². The first-order valence-electron chi connectivity index (χ1n) is 7.96. The summed E-state index contributed by atoms with van der Waals surface area (Å²) in [5, 5.41) is 31.9. The Bertz CT molecular complexity index is 967. The van der Waals surface area contributed by atoms with Gasteiger partial charge >= 0.3 is 5.69 Å². The van der Waals surface area contributed by atoms with E-state index in [1.807, 2.05) is 4.90 Å². The summed E-state index contributed by atoms with van der Waals surface area (Å²) in [6.45, 7) is 2.37. The molecule has 2 heterocycles. The van der Waals surface area contributed by atoms with Crippen LogP contribution in [0.25, 0.3) is 11.0 Å². The van der Waals surface area contributed by atoms with E-state index in [1.54, 1.807) is 18.2 Å². The zero-order valence-corrected chi connectivity index (χ0v) is 13.6. The normalized spacial score (nSPS) is 14.5. The van der Waals surface area contributed by atoms with Crippen LogP contribution in [0.4, 0.5) is 22.7 Å². The number of benzene rings is 2. The molecule has 1 aliphatic heterocycles. The van der Waals surface area contributed by atoms with Crippen molar-refractivity contribution in [2.75, 3.05) is 36.5 Å². The Morgan fingerprint density at radius 2 is 1.96 bits per heavy atom. The minimum absolute atomic E-state index is 0.0511. The molecule has 0 spiro atoms. The Labute approximate surface area is 147 Å². The molecule has 0 unspecified atom stereocenters. The number of morpholine rings is 1. The van der Waals surface area contributed by atoms with Gasteiger partial charge in [-0.15, -0.1) is 0 Å². The van der Waals surface area contributed by atoms with Crippen molar-refractivity contribution in [3.05, 3.63) is 40.4 Å². The predicted octanol–water partition coefficient (Wildman–Crippen LogP) is 2.42. The Morgan fingerprint density at radius 1 is 1.19 bits per heavy atom. The molecule has 0 bridgehead atoms. The van der Waals surface area contributed by atoms with Crippen LogP contribution in [0.5, 0.6) is 5.75 Å². The summed E-state index contributed by atoms with van der Waals surface area (Å²) in [6, 6.07) is 7.98. The fraction of sp³-hybridized carbons (Fsp3) is 0.250. The van der Waals surface area contributed by atoms with Gasteiger partial charge in [0.1, 0.15) is 11.4 Å². The van der Waals surface area contributed by atoms with Crippen molar-refractivity contribution >= 4 is 33.8 Å². The van der Waals surface area contributed by atoms with Gasteiger partial charge in [0.05, 0.1) is 23.8 Å². The Morgan fingerprint density at radius 3 is 2.69 bits per heavy atom. The second-order valence-electron chi connectivity index (χ2n) is 5.79. The molecule has 26 heavy (non-hydrogen) atoms. The smallest absolute Gasteiger partial charge is 0.324 e. The molecule has 1 saturated heterocycles. The van der Waals surface area contributed by atoms with Crippen LogP contribution in [0.2, 0.25) is 0 Å². The summed E-state index contributed by atoms with van der Waals surface area (Å²) < 4.78 is 10.1. The van der Waals surface area contributed by atoms with Gasteiger partial charge in [-0.3, -0.25) is 10.1 Å². The third-order valence-electron chi connectivity index (χ3n) is 4.15. The number of hydrogen-bond donors (Lipinski definition) is 2. The standard InChI is InChI=1S/C16H15N5O5/c22-11-3-1-2-10(8-11)17-12-9-13(20-4-6-25-7-5-20)14-15(19-26-18-14)16(12)21(23)24/h1-3,8-9,17,22H,4-7H2. The molecule has 0 atom stereocenters. The molecule has 2 N–H and O–H groups in total.